The van der Waals surface area contributed by atoms with Crippen molar-refractivity contribution in [3.05, 3.63) is 40.5 Å². The molecule has 0 atom stereocenters. The molecule has 3 nitrogen and oxygen atoms in total. The van der Waals surface area contributed by atoms with E-state index < -0.39 is 0 Å². The highest BCUT2D eigenvalue weighted by Gasteiger charge is 2.04. The predicted molar refractivity (Wildman–Crippen MR) is 73.0 cm³/mol. The van der Waals surface area contributed by atoms with Crippen LogP contribution in [-0.4, -0.2) is 25.2 Å². The standard InChI is InChI=1S/C13H15BrN2O/c1-17-8-7-15-9-10-4-5-12(14)11-3-2-6-16-13(10)11/h2-6,15H,7-9H2,1H3. The van der Waals surface area contributed by atoms with Gasteiger partial charge in [0.1, 0.15) is 0 Å². The summed E-state index contributed by atoms with van der Waals surface area (Å²) >= 11 is 3.54. The topological polar surface area (TPSA) is 34.1 Å². The molecule has 1 aromatic carbocycles. The van der Waals surface area contributed by atoms with E-state index in [0.717, 1.165) is 35.1 Å². The van der Waals surface area contributed by atoms with Gasteiger partial charge in [0.05, 0.1) is 12.1 Å². The normalized spacial score (nSPS) is 10.9. The first-order valence-electron chi connectivity index (χ1n) is 5.54. The Morgan fingerprint density at radius 2 is 2.24 bits per heavy atom. The molecule has 0 aliphatic carbocycles. The van der Waals surface area contributed by atoms with E-state index in [2.05, 4.69) is 44.4 Å². The first kappa shape index (κ1) is 12.5. The van der Waals surface area contributed by atoms with Crippen LogP contribution < -0.4 is 5.32 Å². The van der Waals surface area contributed by atoms with Crippen molar-refractivity contribution >= 4 is 26.8 Å². The number of methoxy groups -OCH3 is 1. The zero-order valence-corrected chi connectivity index (χ0v) is 11.3. The number of rotatable bonds is 5. The highest BCUT2D eigenvalue weighted by atomic mass is 79.9. The van der Waals surface area contributed by atoms with Crippen molar-refractivity contribution in [3.63, 3.8) is 0 Å². The van der Waals surface area contributed by atoms with Gasteiger partial charge in [0.25, 0.3) is 0 Å². The van der Waals surface area contributed by atoms with Crippen LogP contribution in [0.2, 0.25) is 0 Å². The molecule has 0 aliphatic rings. The van der Waals surface area contributed by atoms with Crippen LogP contribution in [0.1, 0.15) is 5.56 Å². The lowest BCUT2D eigenvalue weighted by atomic mass is 10.1. The Hall–Kier alpha value is -0.970. The molecule has 2 rings (SSSR count). The SMILES string of the molecule is COCCNCc1ccc(Br)c2cccnc12. The Labute approximate surface area is 109 Å². The molecule has 1 N–H and O–H groups in total. The van der Waals surface area contributed by atoms with Crippen LogP contribution >= 0.6 is 15.9 Å². The molecule has 17 heavy (non-hydrogen) atoms. The molecule has 0 bridgehead atoms. The largest absolute Gasteiger partial charge is 0.383 e. The molecule has 1 aromatic heterocycles. The van der Waals surface area contributed by atoms with Crippen molar-refractivity contribution < 1.29 is 4.74 Å². The molecule has 0 fully saturated rings. The third kappa shape index (κ3) is 3.03. The van der Waals surface area contributed by atoms with Crippen molar-refractivity contribution in [3.8, 4) is 0 Å². The number of aromatic nitrogens is 1. The monoisotopic (exact) mass is 294 g/mol. The molecule has 90 valence electrons. The highest BCUT2D eigenvalue weighted by Crippen LogP contribution is 2.24. The minimum Gasteiger partial charge on any atom is -0.383 e. The second-order valence-electron chi connectivity index (χ2n) is 3.78. The van der Waals surface area contributed by atoms with E-state index in [1.807, 2.05) is 12.3 Å². The van der Waals surface area contributed by atoms with Gasteiger partial charge in [0, 0.05) is 36.3 Å². The lowest BCUT2D eigenvalue weighted by molar-refractivity contribution is 0.199. The van der Waals surface area contributed by atoms with E-state index >= 15 is 0 Å². The lowest BCUT2D eigenvalue weighted by Crippen LogP contribution is -2.18. The van der Waals surface area contributed by atoms with E-state index in [9.17, 15) is 0 Å². The van der Waals surface area contributed by atoms with Crippen molar-refractivity contribution in [2.24, 2.45) is 0 Å². The lowest BCUT2D eigenvalue weighted by Gasteiger charge is -2.08. The summed E-state index contributed by atoms with van der Waals surface area (Å²) in [6, 6.07) is 8.19. The number of ether oxygens (including phenoxy) is 1. The third-order valence-electron chi connectivity index (χ3n) is 2.60. The average molecular weight is 295 g/mol. The fraction of sp³-hybridized carbons (Fsp3) is 0.308. The summed E-state index contributed by atoms with van der Waals surface area (Å²) < 4.78 is 6.09. The van der Waals surface area contributed by atoms with Crippen LogP contribution in [0.4, 0.5) is 0 Å². The molecular formula is C13H15BrN2O. The average Bonchev–Trinajstić information content (AvgIpc) is 2.37. The number of nitrogens with one attached hydrogen (secondary N) is 1. The Morgan fingerprint density at radius 1 is 1.35 bits per heavy atom. The highest BCUT2D eigenvalue weighted by molar-refractivity contribution is 9.10. The molecule has 0 spiro atoms. The molecule has 4 heteroatoms. The van der Waals surface area contributed by atoms with Crippen LogP contribution in [0.15, 0.2) is 34.9 Å². The van der Waals surface area contributed by atoms with Crippen molar-refractivity contribution in [1.82, 2.24) is 10.3 Å². The Morgan fingerprint density at radius 3 is 3.06 bits per heavy atom. The van der Waals surface area contributed by atoms with E-state index in [1.54, 1.807) is 7.11 Å². The van der Waals surface area contributed by atoms with Crippen LogP contribution in [0.25, 0.3) is 10.9 Å². The molecule has 0 unspecified atom stereocenters. The van der Waals surface area contributed by atoms with E-state index in [4.69, 9.17) is 4.74 Å². The van der Waals surface area contributed by atoms with Gasteiger partial charge < -0.3 is 10.1 Å². The number of nitrogens with zero attached hydrogens (tertiary/aromatic N) is 1. The van der Waals surface area contributed by atoms with Gasteiger partial charge in [-0.15, -0.1) is 0 Å². The third-order valence-corrected chi connectivity index (χ3v) is 3.29. The molecular weight excluding hydrogens is 280 g/mol. The fourth-order valence-electron chi connectivity index (χ4n) is 1.74. The number of halogens is 1. The predicted octanol–water partition coefficient (Wildman–Crippen LogP) is 2.73. The number of pyridine rings is 1. The molecule has 2 aromatic rings. The Kier molecular flexibility index (Phi) is 4.48. The molecule has 0 saturated heterocycles. The van der Waals surface area contributed by atoms with E-state index in [0.29, 0.717) is 0 Å². The summed E-state index contributed by atoms with van der Waals surface area (Å²) in [6.07, 6.45) is 1.83. The van der Waals surface area contributed by atoms with Crippen molar-refractivity contribution in [2.75, 3.05) is 20.3 Å². The summed E-state index contributed by atoms with van der Waals surface area (Å²) in [4.78, 5) is 4.44. The van der Waals surface area contributed by atoms with E-state index in [-0.39, 0.29) is 0 Å². The quantitative estimate of drug-likeness (QED) is 0.861. The van der Waals surface area contributed by atoms with Crippen molar-refractivity contribution in [2.45, 2.75) is 6.54 Å². The smallest absolute Gasteiger partial charge is 0.0758 e. The zero-order valence-electron chi connectivity index (χ0n) is 9.74. The Balaban J connectivity index is 2.20. The molecule has 0 amide bonds. The summed E-state index contributed by atoms with van der Waals surface area (Å²) in [6.45, 7) is 2.38. The van der Waals surface area contributed by atoms with Gasteiger partial charge in [-0.25, -0.2) is 0 Å². The molecule has 0 aliphatic heterocycles. The maximum Gasteiger partial charge on any atom is 0.0758 e. The second kappa shape index (κ2) is 6.10. The minimum atomic E-state index is 0.724. The number of hydrogen-bond acceptors (Lipinski definition) is 3. The minimum absolute atomic E-state index is 0.724. The first-order chi connectivity index (χ1) is 8.33. The van der Waals surface area contributed by atoms with Crippen LogP contribution in [0.3, 0.4) is 0 Å². The van der Waals surface area contributed by atoms with Crippen LogP contribution in [0.5, 0.6) is 0 Å². The van der Waals surface area contributed by atoms with Crippen LogP contribution in [0, 0.1) is 0 Å². The van der Waals surface area contributed by atoms with E-state index in [1.165, 1.54) is 5.56 Å². The van der Waals surface area contributed by atoms with Gasteiger partial charge in [-0.2, -0.15) is 0 Å². The maximum absolute atomic E-state index is 5.00. The summed E-state index contributed by atoms with van der Waals surface area (Å²) in [5.74, 6) is 0. The molecule has 1 heterocycles. The summed E-state index contributed by atoms with van der Waals surface area (Å²) in [5.41, 5.74) is 2.26. The van der Waals surface area contributed by atoms with Gasteiger partial charge >= 0.3 is 0 Å². The van der Waals surface area contributed by atoms with Crippen molar-refractivity contribution in [1.29, 1.82) is 0 Å². The van der Waals surface area contributed by atoms with Gasteiger partial charge in [0.2, 0.25) is 0 Å². The maximum atomic E-state index is 5.00. The van der Waals surface area contributed by atoms with Gasteiger partial charge in [0.15, 0.2) is 0 Å². The first-order valence-corrected chi connectivity index (χ1v) is 6.34. The van der Waals surface area contributed by atoms with Crippen LogP contribution in [-0.2, 0) is 11.3 Å². The second-order valence-corrected chi connectivity index (χ2v) is 4.63. The summed E-state index contributed by atoms with van der Waals surface area (Å²) in [7, 11) is 1.71. The zero-order chi connectivity index (χ0) is 12.1. The van der Waals surface area contributed by atoms with Gasteiger partial charge in [-0.05, 0) is 17.7 Å². The Bertz CT molecular complexity index is 502. The molecule has 0 radical (unpaired) electrons. The fourth-order valence-corrected chi connectivity index (χ4v) is 2.19. The number of hydrogen-bond donors (Lipinski definition) is 1. The molecule has 0 saturated carbocycles. The summed E-state index contributed by atoms with van der Waals surface area (Å²) in [5, 5.41) is 4.49. The number of fused-ring (bicyclic) bond motifs is 1. The van der Waals surface area contributed by atoms with Gasteiger partial charge in [-0.1, -0.05) is 28.1 Å². The number of benzene rings is 1. The van der Waals surface area contributed by atoms with Gasteiger partial charge in [-0.3, -0.25) is 4.98 Å².